The molecule has 137 heavy (non-hydrogen) atoms. The maximum absolute atomic E-state index is 15.5. The number of imide groups is 1. The number of thioether (sulfide) groups is 1. The van der Waals surface area contributed by atoms with E-state index in [2.05, 4.69) is 37.2 Å². The smallest absolute Gasteiger partial charge is 0.414 e. The molecule has 6 aromatic carbocycles. The number of fused-ring (bicyclic) bond motifs is 2. The summed E-state index contributed by atoms with van der Waals surface area (Å²) in [7, 11) is 6.06. The third kappa shape index (κ3) is 27.6. The lowest BCUT2D eigenvalue weighted by molar-refractivity contribution is -0.139. The third-order valence-corrected chi connectivity index (χ3v) is 27.0. The van der Waals surface area contributed by atoms with Gasteiger partial charge in [-0.2, -0.15) is 11.8 Å². The Bertz CT molecular complexity index is 5300. The molecule has 6 aromatic rings. The van der Waals surface area contributed by atoms with Crippen LogP contribution >= 0.6 is 11.8 Å². The van der Waals surface area contributed by atoms with E-state index in [1.165, 1.54) is 68.4 Å². The number of carbonyl (C=O) groups is 14. The zero-order valence-electron chi connectivity index (χ0n) is 79.8. The molecule has 3 fully saturated rings. The molecule has 0 aromatic heterocycles. The highest BCUT2D eigenvalue weighted by Gasteiger charge is 2.49. The number of nitrogens with zero attached hydrogens (tertiary/aromatic N) is 5. The number of methoxy groups -OCH3 is 4. The molecule has 9 aliphatic rings. The minimum absolute atomic E-state index is 0.000517. The van der Waals surface area contributed by atoms with Crippen molar-refractivity contribution in [2.75, 3.05) is 133 Å². The van der Waals surface area contributed by atoms with E-state index in [-0.39, 0.29) is 214 Å². The first kappa shape index (κ1) is 103. The van der Waals surface area contributed by atoms with Gasteiger partial charge in [0, 0.05) is 157 Å². The van der Waals surface area contributed by atoms with Gasteiger partial charge in [-0.1, -0.05) is 68.8 Å². The minimum Gasteiger partial charge on any atom is -0.497 e. The van der Waals surface area contributed by atoms with Crippen LogP contribution in [0, 0.1) is 17.8 Å². The predicted octanol–water partition coefficient (Wildman–Crippen LogP) is 11.7. The Morgan fingerprint density at radius 3 is 1.68 bits per heavy atom. The van der Waals surface area contributed by atoms with E-state index >= 15 is 14.4 Å². The molecule has 0 saturated carbocycles. The molecule has 0 radical (unpaired) electrons. The van der Waals surface area contributed by atoms with Crippen molar-refractivity contribution in [3.05, 3.63) is 155 Å². The number of Topliss-reactive ketones (excluding diaryl/α,β-unsaturated/α-hetero) is 2. The lowest BCUT2D eigenvalue weighted by atomic mass is 9.93. The summed E-state index contributed by atoms with van der Waals surface area (Å²) in [5, 5.41) is 20.1. The van der Waals surface area contributed by atoms with Crippen LogP contribution in [0.25, 0.3) is 0 Å². The van der Waals surface area contributed by atoms with Gasteiger partial charge in [-0.25, -0.2) is 9.59 Å². The van der Waals surface area contributed by atoms with Crippen LogP contribution in [-0.4, -0.2) is 246 Å². The highest BCUT2D eigenvalue weighted by molar-refractivity contribution is 8.00. The van der Waals surface area contributed by atoms with Gasteiger partial charge in [-0.3, -0.25) is 72.2 Å². The maximum Gasteiger partial charge on any atom is 0.414 e. The first-order valence-electron chi connectivity index (χ1n) is 47.0. The summed E-state index contributed by atoms with van der Waals surface area (Å²) >= 11 is 1.33. The lowest BCUT2D eigenvalue weighted by Gasteiger charge is -2.33. The van der Waals surface area contributed by atoms with Crippen molar-refractivity contribution in [3.8, 4) is 28.7 Å². The van der Waals surface area contributed by atoms with Gasteiger partial charge < -0.3 is 89.6 Å². The van der Waals surface area contributed by atoms with Crippen molar-refractivity contribution in [1.29, 1.82) is 0 Å². The van der Waals surface area contributed by atoms with Gasteiger partial charge in [0.1, 0.15) is 42.6 Å². The number of ketones is 2. The number of benzene rings is 6. The van der Waals surface area contributed by atoms with Gasteiger partial charge in [0.05, 0.1) is 100 Å². The van der Waals surface area contributed by atoms with Gasteiger partial charge >= 0.3 is 12.2 Å². The number of nitrogens with one attached hydrogen (secondary N) is 7. The molecule has 36 heteroatoms. The van der Waals surface area contributed by atoms with Crippen LogP contribution in [0.2, 0.25) is 0 Å². The molecule has 736 valence electrons. The van der Waals surface area contributed by atoms with E-state index < -0.39 is 83.1 Å². The monoisotopic (exact) mass is 1910 g/mol. The topological polar surface area (TPSA) is 422 Å². The zero-order valence-corrected chi connectivity index (χ0v) is 80.6. The van der Waals surface area contributed by atoms with E-state index in [1.807, 2.05) is 62.4 Å². The van der Waals surface area contributed by atoms with Gasteiger partial charge in [0.25, 0.3) is 11.8 Å². The average molecular weight is 1910 g/mol. The number of amides is 12. The molecule has 35 nitrogen and oxygen atoms in total. The number of likely N-dealkylation sites (tertiary alicyclic amines) is 1. The Kier molecular flexibility index (Phi) is 37.1. The van der Waals surface area contributed by atoms with Crippen molar-refractivity contribution in [1.82, 2.24) is 36.0 Å². The standard InChI is InChI=1S/C101H128N12O23S/c1-60-45-77(114)32-33-78(115)46-61(2)94(120)106-64(5)96(122)108-75-28-20-68(21-29-75)59-136-101(127)113-65(6)82-48-72(69-22-30-73(31-23-69)103-54-66(15-12-13-38-102-90(116)37-42-132-44-43-128-7)17-16-62(3)104-91(117)36-39-109-92(118)53-89(137-11)99(109)125)56-111(82)98(124)81-50-86(131-10)88(52-84(81)113)134-41-14-40-133-87-51-83-80(49-85(87)130-9)97(123)110-55-71(70-24-34-79(129-8)35-25-70)47-76(110)57-112(83)100(126)135-58-67-18-26-74(27-19-67)107-95(121)63(4)105-93(60)119/h18-31,34-35,49-52,60-66,71-72,76,82,89,103H,12-17,32-33,36-48,53-59H2,1-11H3,(H,102,116)(H,104,117)(H,105,119)(H,106,120)(H,107,121)(H,108,122)/t60-,61-,62+,63+,64+,65?,66-,71?,72?,76+,82+,89?/m1/s1. The van der Waals surface area contributed by atoms with Crippen LogP contribution < -0.4 is 70.7 Å². The zero-order chi connectivity index (χ0) is 98.1. The van der Waals surface area contributed by atoms with Crippen LogP contribution in [0.1, 0.15) is 193 Å². The van der Waals surface area contributed by atoms with E-state index in [1.54, 1.807) is 103 Å². The van der Waals surface area contributed by atoms with Crippen LogP contribution in [0.4, 0.5) is 38.0 Å². The molecular formula is C101H128N12O23S. The molecular weight excluding hydrogens is 1780 g/mol. The number of unbranched alkanes of at least 4 members (excludes halogenated alkanes) is 1. The molecule has 0 aliphatic carbocycles. The number of ether oxygens (including phenoxy) is 9. The molecule has 12 atom stereocenters. The first-order valence-corrected chi connectivity index (χ1v) is 48.3. The minimum atomic E-state index is -1.06. The molecule has 9 aliphatic heterocycles. The average Bonchev–Trinajstić information content (AvgIpc) is 1.59. The van der Waals surface area contributed by atoms with Gasteiger partial charge in [-0.05, 0) is 161 Å². The second-order valence-electron chi connectivity index (χ2n) is 36.0. The summed E-state index contributed by atoms with van der Waals surface area (Å²) < 4.78 is 53.2. The molecule has 8 bridgehead atoms. The Balaban J connectivity index is 0.769. The quantitative estimate of drug-likeness (QED) is 0.0186. The maximum atomic E-state index is 15.5. The summed E-state index contributed by atoms with van der Waals surface area (Å²) in [5.41, 5.74) is 5.32. The summed E-state index contributed by atoms with van der Waals surface area (Å²) in [6.45, 7) is 12.3. The van der Waals surface area contributed by atoms with Crippen LogP contribution in [0.5, 0.6) is 28.7 Å². The van der Waals surface area contributed by atoms with Gasteiger partial charge in [0.2, 0.25) is 47.3 Å². The normalized spacial score (nSPS) is 22.4. The molecule has 3 saturated heterocycles. The Morgan fingerprint density at radius 2 is 1.11 bits per heavy atom. The highest BCUT2D eigenvalue weighted by atomic mass is 32.2. The van der Waals surface area contributed by atoms with Crippen molar-refractivity contribution in [2.45, 2.75) is 204 Å². The van der Waals surface area contributed by atoms with E-state index in [4.69, 9.17) is 42.6 Å². The van der Waals surface area contributed by atoms with E-state index in [0.717, 1.165) is 42.5 Å². The number of carbonyl (C=O) groups excluding carboxylic acids is 14. The van der Waals surface area contributed by atoms with Gasteiger partial charge in [-0.15, -0.1) is 0 Å². The van der Waals surface area contributed by atoms with E-state index in [0.29, 0.717) is 87.0 Å². The Labute approximate surface area is 802 Å². The molecule has 0 spiro atoms. The lowest BCUT2D eigenvalue weighted by Crippen LogP contribution is -2.49. The van der Waals surface area contributed by atoms with Gasteiger partial charge in [0.15, 0.2) is 23.0 Å². The fourth-order valence-electron chi connectivity index (χ4n) is 18.0. The van der Waals surface area contributed by atoms with Crippen molar-refractivity contribution >= 4 is 123 Å². The van der Waals surface area contributed by atoms with E-state index in [9.17, 15) is 52.7 Å². The molecule has 12 amide bonds. The summed E-state index contributed by atoms with van der Waals surface area (Å²) in [6.07, 6.45) is 4.74. The third-order valence-electron chi connectivity index (χ3n) is 26.0. The largest absolute Gasteiger partial charge is 0.497 e. The Hall–Kier alpha value is -12.8. The van der Waals surface area contributed by atoms with Crippen molar-refractivity contribution < 1.29 is 110 Å². The molecule has 7 N–H and O–H groups in total. The van der Waals surface area contributed by atoms with Crippen LogP contribution in [0.3, 0.4) is 0 Å². The first-order chi connectivity index (χ1) is 65.9. The van der Waals surface area contributed by atoms with Crippen LogP contribution in [-0.2, 0) is 80.1 Å². The van der Waals surface area contributed by atoms with Crippen molar-refractivity contribution in [3.63, 3.8) is 0 Å². The molecule has 4 unspecified atom stereocenters. The summed E-state index contributed by atoms with van der Waals surface area (Å²) in [4.78, 5) is 200. The second kappa shape index (κ2) is 49.3. The number of hydrogen-bond acceptors (Lipinski definition) is 25. The fraction of sp³-hybridized carbons (Fsp3) is 0.505. The Morgan fingerprint density at radius 1 is 0.555 bits per heavy atom. The fourth-order valence-corrected chi connectivity index (χ4v) is 18.6. The van der Waals surface area contributed by atoms with Crippen molar-refractivity contribution in [2.24, 2.45) is 17.8 Å². The molecule has 9 heterocycles. The number of anilines is 5. The summed E-state index contributed by atoms with van der Waals surface area (Å²) in [6, 6.07) is 31.1. The number of hydrogen-bond donors (Lipinski definition) is 7. The predicted molar refractivity (Wildman–Crippen MR) is 513 cm³/mol. The SMILES string of the molecule is COCCOCCC(=O)NCCCC[C@H](CC[C@H](C)NC(=O)CCN1C(=O)CC(SC)C1=O)CNc1ccc(C2C[C@H]3C(C)N4C(=O)OCc5ccc(cc5)NC(=O)[C@H](C)NC(=O)[C@H](C)CC(=O)CCC(=O)C[C@@H](C)C(=O)N[C@@H](C)C(=O)Nc5ccc(cc5)COC(=O)N5C[C@@H]6CC(c7ccc(OC)cc7)CN6C(=O)c6cc(OC)c(cc65)OCCCOc5cc4c(cc5OC)C(=O)N3C2)cc1. The molecule has 15 rings (SSSR count). The van der Waals surface area contributed by atoms with Crippen LogP contribution in [0.15, 0.2) is 121 Å². The number of rotatable bonds is 27. The summed E-state index contributed by atoms with van der Waals surface area (Å²) in [5.74, 6) is -5.01. The highest BCUT2D eigenvalue weighted by Crippen LogP contribution is 2.47. The second-order valence-corrected chi connectivity index (χ2v) is 37.0.